The first kappa shape index (κ1) is 15.9. The first-order valence-corrected chi connectivity index (χ1v) is 6.94. The third-order valence-electron chi connectivity index (χ3n) is 3.16. The summed E-state index contributed by atoms with van der Waals surface area (Å²) in [5.41, 5.74) is 6.63. The van der Waals surface area contributed by atoms with Crippen molar-refractivity contribution in [1.82, 2.24) is 0 Å². The molecule has 0 aliphatic carbocycles. The standard InChI is InChI=1S/C15H13BrF3NO/c1-21-9-2-4-11(16)8(6-9)7-13(20)10-3-5-12(17)15(19)14(10)18/h2-6,13H,7,20H2,1H3. The molecule has 0 bridgehead atoms. The van der Waals surface area contributed by atoms with E-state index in [0.29, 0.717) is 5.75 Å². The quantitative estimate of drug-likeness (QED) is 0.833. The van der Waals surface area contributed by atoms with Crippen molar-refractivity contribution < 1.29 is 17.9 Å². The monoisotopic (exact) mass is 359 g/mol. The molecule has 0 spiro atoms. The van der Waals surface area contributed by atoms with Gasteiger partial charge in [0, 0.05) is 16.1 Å². The lowest BCUT2D eigenvalue weighted by molar-refractivity contribution is 0.413. The zero-order chi connectivity index (χ0) is 15.6. The van der Waals surface area contributed by atoms with Gasteiger partial charge in [-0.3, -0.25) is 0 Å². The Morgan fingerprint density at radius 3 is 2.52 bits per heavy atom. The van der Waals surface area contributed by atoms with Crippen LogP contribution in [0.3, 0.4) is 0 Å². The van der Waals surface area contributed by atoms with Crippen molar-refractivity contribution in [2.24, 2.45) is 5.73 Å². The smallest absolute Gasteiger partial charge is 0.194 e. The van der Waals surface area contributed by atoms with Crippen LogP contribution in [0.1, 0.15) is 17.2 Å². The molecule has 1 atom stereocenters. The van der Waals surface area contributed by atoms with Gasteiger partial charge in [0.15, 0.2) is 17.5 Å². The molecule has 2 nitrogen and oxygen atoms in total. The van der Waals surface area contributed by atoms with Crippen LogP contribution in [0.5, 0.6) is 5.75 Å². The van der Waals surface area contributed by atoms with Crippen LogP contribution in [0, 0.1) is 17.5 Å². The van der Waals surface area contributed by atoms with Crippen molar-refractivity contribution in [2.45, 2.75) is 12.5 Å². The average Bonchev–Trinajstić information content (AvgIpc) is 2.47. The van der Waals surface area contributed by atoms with E-state index in [4.69, 9.17) is 10.5 Å². The maximum Gasteiger partial charge on any atom is 0.194 e. The maximum absolute atomic E-state index is 13.7. The van der Waals surface area contributed by atoms with E-state index >= 15 is 0 Å². The van der Waals surface area contributed by atoms with Crippen molar-refractivity contribution in [3.8, 4) is 5.75 Å². The summed E-state index contributed by atoms with van der Waals surface area (Å²) in [5, 5.41) is 0. The molecule has 0 radical (unpaired) electrons. The Morgan fingerprint density at radius 2 is 1.86 bits per heavy atom. The van der Waals surface area contributed by atoms with E-state index in [0.717, 1.165) is 22.2 Å². The topological polar surface area (TPSA) is 35.2 Å². The molecular formula is C15H13BrF3NO. The van der Waals surface area contributed by atoms with E-state index in [9.17, 15) is 13.2 Å². The maximum atomic E-state index is 13.7. The second kappa shape index (κ2) is 6.49. The van der Waals surface area contributed by atoms with E-state index in [1.165, 1.54) is 7.11 Å². The van der Waals surface area contributed by atoms with Gasteiger partial charge < -0.3 is 10.5 Å². The summed E-state index contributed by atoms with van der Waals surface area (Å²) in [5.74, 6) is -3.36. The van der Waals surface area contributed by atoms with E-state index in [-0.39, 0.29) is 12.0 Å². The highest BCUT2D eigenvalue weighted by atomic mass is 79.9. The lowest BCUT2D eigenvalue weighted by atomic mass is 9.99. The van der Waals surface area contributed by atoms with Crippen molar-refractivity contribution >= 4 is 15.9 Å². The lowest BCUT2D eigenvalue weighted by Crippen LogP contribution is -2.16. The SMILES string of the molecule is COc1ccc(Br)c(CC(N)c2ccc(F)c(F)c2F)c1. The summed E-state index contributed by atoms with van der Waals surface area (Å²) in [7, 11) is 1.53. The molecule has 0 aliphatic heterocycles. The molecule has 6 heteroatoms. The van der Waals surface area contributed by atoms with E-state index in [1.807, 2.05) is 0 Å². The highest BCUT2D eigenvalue weighted by Crippen LogP contribution is 2.28. The number of hydrogen-bond acceptors (Lipinski definition) is 2. The van der Waals surface area contributed by atoms with Crippen LogP contribution >= 0.6 is 15.9 Å². The first-order chi connectivity index (χ1) is 9.93. The van der Waals surface area contributed by atoms with Gasteiger partial charge in [-0.2, -0.15) is 0 Å². The fraction of sp³-hybridized carbons (Fsp3) is 0.200. The van der Waals surface area contributed by atoms with E-state index in [2.05, 4.69) is 15.9 Å². The van der Waals surface area contributed by atoms with Crippen LogP contribution in [-0.2, 0) is 6.42 Å². The molecule has 0 amide bonds. The minimum absolute atomic E-state index is 0.0661. The Balaban J connectivity index is 2.30. The number of ether oxygens (including phenoxy) is 1. The summed E-state index contributed by atoms with van der Waals surface area (Å²) < 4.78 is 45.8. The fourth-order valence-corrected chi connectivity index (χ4v) is 2.42. The predicted molar refractivity (Wildman–Crippen MR) is 77.6 cm³/mol. The Morgan fingerprint density at radius 1 is 1.14 bits per heavy atom. The van der Waals surface area contributed by atoms with Gasteiger partial charge in [0.1, 0.15) is 5.75 Å². The van der Waals surface area contributed by atoms with Gasteiger partial charge in [-0.1, -0.05) is 22.0 Å². The first-order valence-electron chi connectivity index (χ1n) is 6.15. The highest BCUT2D eigenvalue weighted by Gasteiger charge is 2.19. The molecule has 2 rings (SSSR count). The normalized spacial score (nSPS) is 12.3. The summed E-state index contributed by atoms with van der Waals surface area (Å²) in [6.07, 6.45) is 0.250. The van der Waals surface area contributed by atoms with Crippen LogP contribution in [-0.4, -0.2) is 7.11 Å². The van der Waals surface area contributed by atoms with Gasteiger partial charge in [0.05, 0.1) is 7.11 Å². The van der Waals surface area contributed by atoms with Crippen LogP contribution < -0.4 is 10.5 Å². The third kappa shape index (κ3) is 3.39. The summed E-state index contributed by atoms with van der Waals surface area (Å²) in [4.78, 5) is 0. The van der Waals surface area contributed by atoms with Gasteiger partial charge in [-0.05, 0) is 36.2 Å². The van der Waals surface area contributed by atoms with E-state index < -0.39 is 23.5 Å². The summed E-state index contributed by atoms with van der Waals surface area (Å²) in [6, 6.07) is 6.52. The Labute approximate surface area is 128 Å². The molecule has 1 unspecified atom stereocenters. The van der Waals surface area contributed by atoms with Gasteiger partial charge >= 0.3 is 0 Å². The number of rotatable bonds is 4. The predicted octanol–water partition coefficient (Wildman–Crippen LogP) is 4.12. The second-order valence-corrected chi connectivity index (χ2v) is 5.39. The number of benzene rings is 2. The fourth-order valence-electron chi connectivity index (χ4n) is 2.01. The molecule has 2 aromatic rings. The number of halogens is 4. The average molecular weight is 360 g/mol. The number of nitrogens with two attached hydrogens (primary N) is 1. The van der Waals surface area contributed by atoms with Gasteiger partial charge in [0.2, 0.25) is 0 Å². The molecule has 21 heavy (non-hydrogen) atoms. The molecular weight excluding hydrogens is 347 g/mol. The minimum Gasteiger partial charge on any atom is -0.497 e. The van der Waals surface area contributed by atoms with Crippen molar-refractivity contribution in [3.05, 3.63) is 63.4 Å². The van der Waals surface area contributed by atoms with Crippen LogP contribution in [0.4, 0.5) is 13.2 Å². The lowest BCUT2D eigenvalue weighted by Gasteiger charge is -2.15. The highest BCUT2D eigenvalue weighted by molar-refractivity contribution is 9.10. The van der Waals surface area contributed by atoms with E-state index in [1.54, 1.807) is 18.2 Å². The zero-order valence-electron chi connectivity index (χ0n) is 11.2. The minimum atomic E-state index is -1.51. The van der Waals surface area contributed by atoms with Crippen LogP contribution in [0.25, 0.3) is 0 Å². The Kier molecular flexibility index (Phi) is 4.90. The van der Waals surface area contributed by atoms with Crippen LogP contribution in [0.2, 0.25) is 0 Å². The van der Waals surface area contributed by atoms with Crippen molar-refractivity contribution in [1.29, 1.82) is 0 Å². The molecule has 0 saturated heterocycles. The largest absolute Gasteiger partial charge is 0.497 e. The molecule has 0 saturated carbocycles. The Hall–Kier alpha value is -1.53. The summed E-state index contributed by atoms with van der Waals surface area (Å²) >= 11 is 3.37. The van der Waals surface area contributed by atoms with Crippen molar-refractivity contribution in [2.75, 3.05) is 7.11 Å². The zero-order valence-corrected chi connectivity index (χ0v) is 12.8. The molecule has 2 aromatic carbocycles. The Bertz CT molecular complexity index is 664. The second-order valence-electron chi connectivity index (χ2n) is 4.53. The van der Waals surface area contributed by atoms with Gasteiger partial charge in [-0.15, -0.1) is 0 Å². The number of methoxy groups -OCH3 is 1. The van der Waals surface area contributed by atoms with Gasteiger partial charge in [0.25, 0.3) is 0 Å². The molecule has 112 valence electrons. The molecule has 0 heterocycles. The molecule has 0 aliphatic rings. The molecule has 0 aromatic heterocycles. The van der Waals surface area contributed by atoms with Crippen LogP contribution in [0.15, 0.2) is 34.8 Å². The molecule has 2 N–H and O–H groups in total. The van der Waals surface area contributed by atoms with Crippen molar-refractivity contribution in [3.63, 3.8) is 0 Å². The summed E-state index contributed by atoms with van der Waals surface area (Å²) in [6.45, 7) is 0. The van der Waals surface area contributed by atoms with Gasteiger partial charge in [-0.25, -0.2) is 13.2 Å². The molecule has 0 fully saturated rings. The third-order valence-corrected chi connectivity index (χ3v) is 3.93. The number of hydrogen-bond donors (Lipinski definition) is 1.